The summed E-state index contributed by atoms with van der Waals surface area (Å²) < 4.78 is 20.4. The fraction of sp³-hybridized carbons (Fsp3) is 0.718. The van der Waals surface area contributed by atoms with E-state index in [-0.39, 0.29) is 113 Å². The zero-order valence-corrected chi connectivity index (χ0v) is 60.8. The first-order valence-corrected chi connectivity index (χ1v) is 35.8. The summed E-state index contributed by atoms with van der Waals surface area (Å²) in [6.07, 6.45) is -1.60. The van der Waals surface area contributed by atoms with E-state index < -0.39 is 180 Å². The number of carbonyl (C=O) groups is 11. The maximum absolute atomic E-state index is 14.9. The minimum atomic E-state index is -1.69. The second-order valence-corrected chi connectivity index (χ2v) is 27.7. The summed E-state index contributed by atoms with van der Waals surface area (Å²) in [6, 6.07) is 3.02. The van der Waals surface area contributed by atoms with Crippen molar-refractivity contribution in [2.24, 2.45) is 109 Å². The van der Waals surface area contributed by atoms with E-state index in [1.54, 1.807) is 34.6 Å². The van der Waals surface area contributed by atoms with Gasteiger partial charge in [0.2, 0.25) is 35.4 Å². The van der Waals surface area contributed by atoms with Crippen LogP contribution >= 0.6 is 0 Å². The number of carbonyl (C=O) groups excluding carboxylic acids is 11. The van der Waals surface area contributed by atoms with E-state index in [1.165, 1.54) is 13.8 Å². The number of nitrogens with two attached hydrogens (primary N) is 6. The predicted octanol–water partition coefficient (Wildman–Crippen LogP) is 2.89. The first-order valence-electron chi connectivity index (χ1n) is 35.8. The minimum absolute atomic E-state index is 0.00101. The molecule has 100 heavy (non-hydrogen) atoms. The molecule has 1 spiro atoms. The number of benzene rings is 1. The number of amides is 6. The molecule has 2 fully saturated rings. The Hall–Kier alpha value is -8.11. The lowest BCUT2D eigenvalue weighted by Crippen LogP contribution is -2.57. The molecule has 28 nitrogen and oxygen atoms in total. The number of aliphatic imine (C=N–C) groups is 3. The van der Waals surface area contributed by atoms with Crippen LogP contribution in [0.15, 0.2) is 45.3 Å². The molecule has 0 bridgehead atoms. The molecule has 1 aromatic rings. The van der Waals surface area contributed by atoms with Gasteiger partial charge in [0.15, 0.2) is 41.0 Å². The van der Waals surface area contributed by atoms with Crippen LogP contribution in [0.5, 0.6) is 0 Å². The van der Waals surface area contributed by atoms with Crippen molar-refractivity contribution in [1.29, 1.82) is 0 Å². The van der Waals surface area contributed by atoms with Crippen LogP contribution in [0, 0.1) is 59.2 Å². The molecule has 2 aliphatic rings. The highest BCUT2D eigenvalue weighted by Crippen LogP contribution is 2.48. The Labute approximate surface area is 589 Å². The van der Waals surface area contributed by atoms with Crippen molar-refractivity contribution in [1.82, 2.24) is 31.9 Å². The summed E-state index contributed by atoms with van der Waals surface area (Å²) in [5, 5.41) is 27.8. The third kappa shape index (κ3) is 27.4. The number of hydrogen-bond donors (Lipinski definition) is 13. The van der Waals surface area contributed by atoms with Gasteiger partial charge < -0.3 is 76.1 Å². The van der Waals surface area contributed by atoms with Crippen LogP contribution in [-0.4, -0.2) is 162 Å². The summed E-state index contributed by atoms with van der Waals surface area (Å²) in [5.41, 5.74) is 33.0. The number of guanidine groups is 3. The third-order valence-electron chi connectivity index (χ3n) is 20.0. The lowest BCUT2D eigenvalue weighted by atomic mass is 9.83. The number of hydrogen-bond acceptors (Lipinski definition) is 16. The highest BCUT2D eigenvalue weighted by molar-refractivity contribution is 6.01. The zero-order valence-electron chi connectivity index (χ0n) is 60.8. The van der Waals surface area contributed by atoms with Gasteiger partial charge in [0.1, 0.15) is 23.7 Å². The number of esters is 1. The Morgan fingerprint density at radius 1 is 0.650 bits per heavy atom. The lowest BCUT2D eigenvalue weighted by molar-refractivity contribution is -0.157. The van der Waals surface area contributed by atoms with Gasteiger partial charge in [0, 0.05) is 69.0 Å². The Balaban J connectivity index is 2.00. The van der Waals surface area contributed by atoms with Crippen molar-refractivity contribution < 1.29 is 67.0 Å². The Bertz CT molecular complexity index is 2980. The monoisotopic (exact) mass is 1410 g/mol. The number of alkyl halides is 1. The molecular formula is C71H118FN15O13. The van der Waals surface area contributed by atoms with Crippen LogP contribution in [-0.2, 0) is 63.9 Å². The Morgan fingerprint density at radius 2 is 1.18 bits per heavy atom. The molecule has 29 heteroatoms. The number of Topliss-reactive ketones (excluding diaryl/α,β-unsaturated/α-hetero) is 4. The summed E-state index contributed by atoms with van der Waals surface area (Å²) in [6.45, 7) is 18.1. The van der Waals surface area contributed by atoms with Gasteiger partial charge >= 0.3 is 5.97 Å². The molecule has 6 amide bonds. The van der Waals surface area contributed by atoms with Crippen LogP contribution in [0.2, 0.25) is 0 Å². The summed E-state index contributed by atoms with van der Waals surface area (Å²) in [7, 11) is 0. The van der Waals surface area contributed by atoms with Crippen LogP contribution in [0.1, 0.15) is 191 Å². The fourth-order valence-electron chi connectivity index (χ4n) is 12.6. The largest absolute Gasteiger partial charge is 0.458 e. The van der Waals surface area contributed by atoms with E-state index in [0.717, 1.165) is 5.56 Å². The third-order valence-corrected chi connectivity index (χ3v) is 20.0. The number of halogens is 1. The molecule has 3 unspecified atom stereocenters. The van der Waals surface area contributed by atoms with E-state index >= 15 is 0 Å². The Kier molecular flexibility index (Phi) is 36.9. The van der Waals surface area contributed by atoms with Crippen molar-refractivity contribution in [2.75, 3.05) is 26.2 Å². The predicted molar refractivity (Wildman–Crippen MR) is 380 cm³/mol. The average Bonchev–Trinajstić information content (AvgIpc) is 1.58. The average molecular weight is 1410 g/mol. The van der Waals surface area contributed by atoms with Crippen LogP contribution in [0.3, 0.4) is 0 Å². The van der Waals surface area contributed by atoms with Crippen molar-refractivity contribution in [2.45, 2.75) is 240 Å². The molecule has 0 radical (unpaired) electrons. The van der Waals surface area contributed by atoms with Gasteiger partial charge in [-0.05, 0) is 113 Å². The number of ether oxygens (including phenoxy) is 1. The van der Waals surface area contributed by atoms with Gasteiger partial charge in [-0.3, -0.25) is 62.9 Å². The summed E-state index contributed by atoms with van der Waals surface area (Å²) >= 11 is 0. The Morgan fingerprint density at radius 3 is 1.70 bits per heavy atom. The van der Waals surface area contributed by atoms with Gasteiger partial charge in [-0.25, -0.2) is 9.18 Å². The number of cyclic esters (lactones) is 1. The van der Waals surface area contributed by atoms with E-state index in [1.807, 2.05) is 58.0 Å². The quantitative estimate of drug-likeness (QED) is 0.0193. The van der Waals surface area contributed by atoms with Crippen molar-refractivity contribution >= 4 is 82.4 Å². The number of ketones is 4. The van der Waals surface area contributed by atoms with Gasteiger partial charge in [-0.2, -0.15) is 0 Å². The van der Waals surface area contributed by atoms with Crippen LogP contribution in [0.25, 0.3) is 0 Å². The molecule has 3 rings (SSSR count). The molecule has 0 aromatic heterocycles. The summed E-state index contributed by atoms with van der Waals surface area (Å²) in [5.74, 6) is -16.1. The number of aliphatic hydroxyl groups is 1. The second-order valence-electron chi connectivity index (χ2n) is 27.7. The molecule has 562 valence electrons. The van der Waals surface area contributed by atoms with Crippen molar-refractivity contribution in [3.05, 3.63) is 35.9 Å². The molecule has 1 aromatic carbocycles. The topological polar surface area (TPSA) is 483 Å². The fourth-order valence-corrected chi connectivity index (χ4v) is 12.6. The van der Waals surface area contributed by atoms with Gasteiger partial charge in [-0.15, -0.1) is 0 Å². The molecule has 1 aliphatic heterocycles. The zero-order chi connectivity index (χ0) is 75.1. The first-order chi connectivity index (χ1) is 47.2. The van der Waals surface area contributed by atoms with Gasteiger partial charge in [-0.1, -0.05) is 118 Å². The maximum atomic E-state index is 14.9. The highest BCUT2D eigenvalue weighted by atomic mass is 19.1. The maximum Gasteiger partial charge on any atom is 0.329 e. The van der Waals surface area contributed by atoms with E-state index in [0.29, 0.717) is 38.5 Å². The SMILES string of the molecule is CC[C@H](Cc1ccccc1)C(=O)N[C@H](C(=O)C[C@@H](CCCN=C(N)N)C(=O)N[C@H](CCCN=C(N)N)C(=O)C[C@@H](C(=O)N[C@H](C(=O)C[C@@H](CO)C(=O)N[C@H]1C(=O)C[C@@H](CCCN=C(N)N)C(=O)NC2(CC2CC(C)F)C(=O)N[C@@H]([C@@H](C)CC)C(=O)O[C@H]1C)[C@@H](C)CC)[C@@H](C)CC)[C@@H](C)CC. The van der Waals surface area contributed by atoms with Gasteiger partial charge in [0.05, 0.1) is 36.8 Å². The van der Waals surface area contributed by atoms with Crippen LogP contribution in [0.4, 0.5) is 4.39 Å². The molecular weight excluding hydrogens is 1290 g/mol. The van der Waals surface area contributed by atoms with Crippen LogP contribution < -0.4 is 66.3 Å². The normalized spacial score (nSPS) is 22.3. The molecule has 18 atom stereocenters. The number of nitrogens with one attached hydrogen (secondary N) is 6. The molecule has 1 heterocycles. The standard InChI is InChI=1S/C71H118FN15O13/c1-12-39(6)51(36-53(89)52(27-22-30-81-70(77)78)82-62(94)47(25-20-28-79-68(73)74)33-54(90)57(40(7)13-2)83-61(93)46(16-5)32-45-23-18-17-19-24-45)65(97)84-58(41(8)14-3)55(91)35-49(38-88)63(95)85-60-44(11)100-66(98)59(42(9)15-4)86-67(99)71(37-50(71)31-43(10)72)87-64(96)48(34-56(60)92)26-21-29-80-69(75)76/h17-19,23-24,39-44,46-52,57-60,88H,12-16,20-22,25-38H2,1-11H3,(H,82,94)(H,83,93)(H,84,97)(H,85,95)(H,86,99)(H,87,96)(H4,73,74,79)(H4,75,76,80)(H4,77,78,81)/t39-,40-,41-,42-,43?,44-,46+,47+,48+,49-,50?,51+,52+,57-,58-,59-,60+,71?/m0/s1. The van der Waals surface area contributed by atoms with Gasteiger partial charge in [0.25, 0.3) is 0 Å². The molecule has 19 N–H and O–H groups in total. The smallest absolute Gasteiger partial charge is 0.329 e. The van der Waals surface area contributed by atoms with Crippen molar-refractivity contribution in [3.8, 4) is 0 Å². The molecule has 1 saturated carbocycles. The summed E-state index contributed by atoms with van der Waals surface area (Å²) in [4.78, 5) is 172. The lowest BCUT2D eigenvalue weighted by Gasteiger charge is -2.31. The van der Waals surface area contributed by atoms with E-state index in [4.69, 9.17) is 39.1 Å². The van der Waals surface area contributed by atoms with E-state index in [2.05, 4.69) is 46.9 Å². The molecule has 1 saturated heterocycles. The number of rotatable bonds is 43. The highest BCUT2D eigenvalue weighted by Gasteiger charge is 2.62. The first kappa shape index (κ1) is 86.1. The number of aliphatic hydroxyl groups excluding tert-OH is 1. The number of nitrogens with zero attached hydrogens (tertiary/aromatic N) is 3. The minimum Gasteiger partial charge on any atom is -0.458 e. The second kappa shape index (κ2) is 42.9. The van der Waals surface area contributed by atoms with Crippen molar-refractivity contribution in [3.63, 3.8) is 0 Å². The molecule has 1 aliphatic carbocycles. The van der Waals surface area contributed by atoms with E-state index in [9.17, 15) is 62.2 Å².